The summed E-state index contributed by atoms with van der Waals surface area (Å²) in [5.74, 6) is 0.977. The number of hydrogen-bond donors (Lipinski definition) is 1. The lowest BCUT2D eigenvalue weighted by atomic mass is 10.2. The third-order valence-electron chi connectivity index (χ3n) is 4.12. The van der Waals surface area contributed by atoms with E-state index >= 15 is 0 Å². The van der Waals surface area contributed by atoms with Gasteiger partial charge < -0.3 is 10.1 Å². The number of ether oxygens (including phenoxy) is 1. The van der Waals surface area contributed by atoms with Crippen molar-refractivity contribution in [3.05, 3.63) is 54.1 Å². The van der Waals surface area contributed by atoms with Crippen molar-refractivity contribution in [2.24, 2.45) is 0 Å². The molecule has 1 N–H and O–H groups in total. The molecular formula is C20H25NOS. The standard InChI is InChI=1S/C20H25NOS/c1-2-3-4-5-8-15-22-17-13-11-16(12-14-17)20-21-18-9-6-7-10-19(18)23-20/h6-7,9-14,20-21H,2-5,8,15H2,1H3. The Hall–Kier alpha value is -1.61. The lowest BCUT2D eigenvalue weighted by molar-refractivity contribution is 0.304. The second-order valence-electron chi connectivity index (χ2n) is 5.97. The van der Waals surface area contributed by atoms with Gasteiger partial charge in [-0.1, -0.05) is 68.6 Å². The number of nitrogens with one attached hydrogen (secondary N) is 1. The van der Waals surface area contributed by atoms with Gasteiger partial charge in [-0.3, -0.25) is 0 Å². The molecule has 0 saturated heterocycles. The average Bonchev–Trinajstić information content (AvgIpc) is 3.02. The van der Waals surface area contributed by atoms with Crippen LogP contribution in [0.25, 0.3) is 0 Å². The molecule has 0 aliphatic carbocycles. The van der Waals surface area contributed by atoms with Gasteiger partial charge in [0.1, 0.15) is 11.1 Å². The highest BCUT2D eigenvalue weighted by Crippen LogP contribution is 2.46. The van der Waals surface area contributed by atoms with E-state index in [0.717, 1.165) is 18.8 Å². The van der Waals surface area contributed by atoms with Crippen LogP contribution in [0.15, 0.2) is 53.4 Å². The summed E-state index contributed by atoms with van der Waals surface area (Å²) in [6.07, 6.45) is 6.37. The molecule has 2 aromatic rings. The third-order valence-corrected chi connectivity index (χ3v) is 5.35. The number of anilines is 1. The largest absolute Gasteiger partial charge is 0.494 e. The Labute approximate surface area is 143 Å². The Morgan fingerprint density at radius 3 is 2.52 bits per heavy atom. The maximum Gasteiger partial charge on any atom is 0.119 e. The van der Waals surface area contributed by atoms with Gasteiger partial charge in [0.2, 0.25) is 0 Å². The van der Waals surface area contributed by atoms with Gasteiger partial charge in [-0.25, -0.2) is 0 Å². The van der Waals surface area contributed by atoms with Crippen LogP contribution in [0, 0.1) is 0 Å². The Balaban J connectivity index is 1.47. The van der Waals surface area contributed by atoms with Gasteiger partial charge in [-0.15, -0.1) is 0 Å². The minimum absolute atomic E-state index is 0.301. The van der Waals surface area contributed by atoms with Crippen molar-refractivity contribution in [3.8, 4) is 5.75 Å². The van der Waals surface area contributed by atoms with Crippen molar-refractivity contribution < 1.29 is 4.74 Å². The van der Waals surface area contributed by atoms with Crippen LogP contribution in [0.4, 0.5) is 5.69 Å². The van der Waals surface area contributed by atoms with Crippen LogP contribution in [0.5, 0.6) is 5.75 Å². The molecule has 0 fully saturated rings. The molecule has 0 aromatic heterocycles. The first kappa shape index (κ1) is 16.3. The molecule has 0 saturated carbocycles. The van der Waals surface area contributed by atoms with Crippen molar-refractivity contribution in [3.63, 3.8) is 0 Å². The van der Waals surface area contributed by atoms with Crippen LogP contribution in [-0.2, 0) is 0 Å². The molecule has 23 heavy (non-hydrogen) atoms. The predicted octanol–water partition coefficient (Wildman–Crippen LogP) is 6.25. The molecule has 1 aliphatic heterocycles. The van der Waals surface area contributed by atoms with Crippen LogP contribution in [0.2, 0.25) is 0 Å². The molecule has 1 atom stereocenters. The lowest BCUT2D eigenvalue weighted by Gasteiger charge is -2.12. The predicted molar refractivity (Wildman–Crippen MR) is 99.4 cm³/mol. The summed E-state index contributed by atoms with van der Waals surface area (Å²) in [6.45, 7) is 3.07. The number of rotatable bonds is 8. The maximum absolute atomic E-state index is 5.84. The van der Waals surface area contributed by atoms with Gasteiger partial charge in [-0.05, 0) is 36.2 Å². The van der Waals surface area contributed by atoms with E-state index < -0.39 is 0 Å². The Bertz CT molecular complexity index is 586. The van der Waals surface area contributed by atoms with Crippen LogP contribution >= 0.6 is 11.8 Å². The molecule has 3 heteroatoms. The van der Waals surface area contributed by atoms with Crippen LogP contribution in [0.1, 0.15) is 50.0 Å². The van der Waals surface area contributed by atoms with Gasteiger partial charge in [0.25, 0.3) is 0 Å². The Morgan fingerprint density at radius 2 is 1.74 bits per heavy atom. The molecular weight excluding hydrogens is 302 g/mol. The van der Waals surface area contributed by atoms with Gasteiger partial charge >= 0.3 is 0 Å². The number of hydrogen-bond acceptors (Lipinski definition) is 3. The number of thioether (sulfide) groups is 1. The zero-order chi connectivity index (χ0) is 15.9. The second-order valence-corrected chi connectivity index (χ2v) is 7.12. The fourth-order valence-corrected chi connectivity index (χ4v) is 3.92. The molecule has 1 unspecified atom stereocenters. The minimum Gasteiger partial charge on any atom is -0.494 e. The van der Waals surface area contributed by atoms with E-state index in [1.807, 2.05) is 11.8 Å². The molecule has 0 bridgehead atoms. The summed E-state index contributed by atoms with van der Waals surface area (Å²) in [7, 11) is 0. The summed E-state index contributed by atoms with van der Waals surface area (Å²) >= 11 is 1.87. The number of para-hydroxylation sites is 1. The first-order chi connectivity index (χ1) is 11.4. The smallest absolute Gasteiger partial charge is 0.119 e. The maximum atomic E-state index is 5.84. The number of benzene rings is 2. The molecule has 0 amide bonds. The normalized spacial score (nSPS) is 16.0. The van der Waals surface area contributed by atoms with Gasteiger partial charge in [0, 0.05) is 10.6 Å². The quantitative estimate of drug-likeness (QED) is 0.579. The molecule has 3 rings (SSSR count). The lowest BCUT2D eigenvalue weighted by Crippen LogP contribution is -2.01. The molecule has 1 heterocycles. The van der Waals surface area contributed by atoms with E-state index in [1.165, 1.54) is 41.8 Å². The topological polar surface area (TPSA) is 21.3 Å². The summed E-state index contributed by atoms with van der Waals surface area (Å²) in [4.78, 5) is 1.32. The highest BCUT2D eigenvalue weighted by Gasteiger charge is 2.22. The fourth-order valence-electron chi connectivity index (χ4n) is 2.77. The SMILES string of the molecule is CCCCCCCOc1ccc(C2Nc3ccccc3S2)cc1. The Morgan fingerprint density at radius 1 is 0.957 bits per heavy atom. The summed E-state index contributed by atoms with van der Waals surface area (Å²) < 4.78 is 5.84. The minimum atomic E-state index is 0.301. The molecule has 0 radical (unpaired) electrons. The molecule has 2 aromatic carbocycles. The Kier molecular flexibility index (Phi) is 5.87. The monoisotopic (exact) mass is 327 g/mol. The first-order valence-electron chi connectivity index (χ1n) is 8.62. The van der Waals surface area contributed by atoms with E-state index in [1.54, 1.807) is 0 Å². The number of fused-ring (bicyclic) bond motifs is 1. The molecule has 1 aliphatic rings. The third kappa shape index (κ3) is 4.44. The summed E-state index contributed by atoms with van der Waals surface area (Å²) in [5.41, 5.74) is 2.52. The molecule has 122 valence electrons. The van der Waals surface area contributed by atoms with Crippen LogP contribution < -0.4 is 10.1 Å². The number of unbranched alkanes of at least 4 members (excludes halogenated alkanes) is 4. The second kappa shape index (κ2) is 8.30. The van der Waals surface area contributed by atoms with Crippen LogP contribution in [-0.4, -0.2) is 6.61 Å². The zero-order valence-electron chi connectivity index (χ0n) is 13.8. The van der Waals surface area contributed by atoms with E-state index in [9.17, 15) is 0 Å². The van der Waals surface area contributed by atoms with Crippen molar-refractivity contribution in [1.82, 2.24) is 0 Å². The van der Waals surface area contributed by atoms with Gasteiger partial charge in [0.05, 0.1) is 6.61 Å². The summed E-state index contributed by atoms with van der Waals surface area (Å²) in [5, 5.41) is 3.87. The fraction of sp³-hybridized carbons (Fsp3) is 0.400. The van der Waals surface area contributed by atoms with E-state index in [2.05, 4.69) is 60.8 Å². The zero-order valence-corrected chi connectivity index (χ0v) is 14.6. The molecule has 0 spiro atoms. The molecule has 2 nitrogen and oxygen atoms in total. The van der Waals surface area contributed by atoms with Crippen molar-refractivity contribution in [2.75, 3.05) is 11.9 Å². The average molecular weight is 327 g/mol. The van der Waals surface area contributed by atoms with E-state index in [0.29, 0.717) is 5.37 Å². The van der Waals surface area contributed by atoms with Crippen molar-refractivity contribution in [1.29, 1.82) is 0 Å². The van der Waals surface area contributed by atoms with E-state index in [4.69, 9.17) is 4.74 Å². The van der Waals surface area contributed by atoms with Crippen molar-refractivity contribution in [2.45, 2.75) is 49.3 Å². The van der Waals surface area contributed by atoms with Gasteiger partial charge in [0.15, 0.2) is 0 Å². The summed E-state index contributed by atoms with van der Waals surface area (Å²) in [6, 6.07) is 17.0. The van der Waals surface area contributed by atoms with Crippen LogP contribution in [0.3, 0.4) is 0 Å². The first-order valence-corrected chi connectivity index (χ1v) is 9.50. The highest BCUT2D eigenvalue weighted by atomic mass is 32.2. The van der Waals surface area contributed by atoms with Gasteiger partial charge in [-0.2, -0.15) is 0 Å². The highest BCUT2D eigenvalue weighted by molar-refractivity contribution is 8.00. The van der Waals surface area contributed by atoms with E-state index in [-0.39, 0.29) is 0 Å². The van der Waals surface area contributed by atoms with Crippen molar-refractivity contribution >= 4 is 17.4 Å².